The average Bonchev–Trinajstić information content (AvgIpc) is 3.36. The van der Waals surface area contributed by atoms with Crippen molar-refractivity contribution in [1.82, 2.24) is 5.32 Å². The van der Waals surface area contributed by atoms with E-state index in [4.69, 9.17) is 11.6 Å². The van der Waals surface area contributed by atoms with Gasteiger partial charge >= 0.3 is 0 Å². The van der Waals surface area contributed by atoms with Gasteiger partial charge in [-0.2, -0.15) is 11.3 Å². The predicted molar refractivity (Wildman–Crippen MR) is 113 cm³/mol. The Labute approximate surface area is 172 Å². The Morgan fingerprint density at radius 3 is 2.57 bits per heavy atom. The molecule has 0 bridgehead atoms. The van der Waals surface area contributed by atoms with E-state index in [9.17, 15) is 9.59 Å². The third kappa shape index (κ3) is 3.68. The van der Waals surface area contributed by atoms with Crippen LogP contribution in [0.25, 0.3) is 0 Å². The summed E-state index contributed by atoms with van der Waals surface area (Å²) >= 11 is 7.61. The number of hydrogen-bond donors (Lipinski definition) is 1. The minimum absolute atomic E-state index is 0.0243. The lowest BCUT2D eigenvalue weighted by atomic mass is 10.0. The second-order valence-electron chi connectivity index (χ2n) is 6.78. The van der Waals surface area contributed by atoms with Gasteiger partial charge in [-0.1, -0.05) is 23.7 Å². The molecule has 4 nitrogen and oxygen atoms in total. The SMILES string of the molecule is CC(=O)N1CCc2cc(C(=O)NC(c3ccc(Cl)cc3)c3ccsc3)ccc21. The summed E-state index contributed by atoms with van der Waals surface area (Å²) in [5, 5.41) is 7.83. The highest BCUT2D eigenvalue weighted by Crippen LogP contribution is 2.30. The Hall–Kier alpha value is -2.63. The van der Waals surface area contributed by atoms with Crippen LogP contribution in [0.4, 0.5) is 5.69 Å². The number of halogens is 1. The minimum Gasteiger partial charge on any atom is -0.341 e. The molecule has 2 heterocycles. The molecule has 0 spiro atoms. The van der Waals surface area contributed by atoms with Crippen molar-refractivity contribution in [3.05, 3.63) is 86.6 Å². The first-order valence-electron chi connectivity index (χ1n) is 9.02. The number of amides is 2. The molecular weight excluding hydrogens is 392 g/mol. The maximum absolute atomic E-state index is 13.0. The number of anilines is 1. The molecule has 4 rings (SSSR count). The monoisotopic (exact) mass is 410 g/mol. The predicted octanol–water partition coefficient (Wildman–Crippen LogP) is 4.83. The summed E-state index contributed by atoms with van der Waals surface area (Å²) in [6.45, 7) is 2.23. The van der Waals surface area contributed by atoms with Crippen molar-refractivity contribution in [1.29, 1.82) is 0 Å². The smallest absolute Gasteiger partial charge is 0.252 e. The van der Waals surface area contributed by atoms with Gasteiger partial charge in [0, 0.05) is 29.7 Å². The van der Waals surface area contributed by atoms with E-state index in [0.29, 0.717) is 17.1 Å². The number of benzene rings is 2. The van der Waals surface area contributed by atoms with Crippen LogP contribution in [-0.2, 0) is 11.2 Å². The first kappa shape index (κ1) is 18.7. The summed E-state index contributed by atoms with van der Waals surface area (Å²) in [5.41, 5.74) is 4.53. The van der Waals surface area contributed by atoms with Crippen molar-refractivity contribution in [2.75, 3.05) is 11.4 Å². The second-order valence-corrected chi connectivity index (χ2v) is 8.00. The Morgan fingerprint density at radius 1 is 1.11 bits per heavy atom. The molecule has 1 aromatic heterocycles. The van der Waals surface area contributed by atoms with E-state index in [2.05, 4.69) is 5.32 Å². The van der Waals surface area contributed by atoms with Gasteiger partial charge in [-0.25, -0.2) is 0 Å². The number of thiophene rings is 1. The summed E-state index contributed by atoms with van der Waals surface area (Å²) in [4.78, 5) is 26.5. The second kappa shape index (κ2) is 7.78. The van der Waals surface area contributed by atoms with Crippen molar-refractivity contribution in [2.45, 2.75) is 19.4 Å². The molecule has 6 heteroatoms. The third-order valence-corrected chi connectivity index (χ3v) is 5.93. The Kier molecular flexibility index (Phi) is 5.20. The molecule has 1 N–H and O–H groups in total. The maximum Gasteiger partial charge on any atom is 0.252 e. The molecule has 1 aliphatic heterocycles. The lowest BCUT2D eigenvalue weighted by molar-refractivity contribution is -0.116. The van der Waals surface area contributed by atoms with Crippen molar-refractivity contribution in [3.63, 3.8) is 0 Å². The number of rotatable bonds is 4. The molecule has 2 amide bonds. The van der Waals surface area contributed by atoms with Gasteiger partial charge in [-0.3, -0.25) is 9.59 Å². The van der Waals surface area contributed by atoms with Gasteiger partial charge in [0.05, 0.1) is 6.04 Å². The van der Waals surface area contributed by atoms with E-state index in [1.807, 2.05) is 53.2 Å². The molecule has 1 unspecified atom stereocenters. The normalized spacial score (nSPS) is 13.9. The largest absolute Gasteiger partial charge is 0.341 e. The first-order valence-corrected chi connectivity index (χ1v) is 10.3. The van der Waals surface area contributed by atoms with Crippen LogP contribution in [0.5, 0.6) is 0 Å². The molecule has 0 saturated heterocycles. The van der Waals surface area contributed by atoms with Gasteiger partial charge in [0.1, 0.15) is 0 Å². The van der Waals surface area contributed by atoms with Crippen molar-refractivity contribution < 1.29 is 9.59 Å². The third-order valence-electron chi connectivity index (χ3n) is 4.97. The van der Waals surface area contributed by atoms with E-state index in [-0.39, 0.29) is 17.9 Å². The van der Waals surface area contributed by atoms with Gasteiger partial charge < -0.3 is 10.2 Å². The van der Waals surface area contributed by atoms with Crippen LogP contribution in [0.3, 0.4) is 0 Å². The van der Waals surface area contributed by atoms with Gasteiger partial charge in [0.2, 0.25) is 5.91 Å². The molecule has 0 saturated carbocycles. The summed E-state index contributed by atoms with van der Waals surface area (Å²) in [7, 11) is 0. The Morgan fingerprint density at radius 2 is 1.89 bits per heavy atom. The number of hydrogen-bond acceptors (Lipinski definition) is 3. The van der Waals surface area contributed by atoms with E-state index in [1.165, 1.54) is 0 Å². The lowest BCUT2D eigenvalue weighted by Gasteiger charge is -2.19. The Balaban J connectivity index is 1.60. The number of fused-ring (bicyclic) bond motifs is 1. The maximum atomic E-state index is 13.0. The quantitative estimate of drug-likeness (QED) is 0.669. The van der Waals surface area contributed by atoms with Gasteiger partial charge in [-0.15, -0.1) is 0 Å². The molecule has 3 aromatic rings. The number of carbonyl (C=O) groups excluding carboxylic acids is 2. The van der Waals surface area contributed by atoms with E-state index in [1.54, 1.807) is 29.2 Å². The molecular formula is C22H19ClN2O2S. The van der Waals surface area contributed by atoms with Crippen molar-refractivity contribution in [2.24, 2.45) is 0 Å². The molecule has 2 aromatic carbocycles. The zero-order valence-electron chi connectivity index (χ0n) is 15.3. The van der Waals surface area contributed by atoms with Crippen LogP contribution in [-0.4, -0.2) is 18.4 Å². The van der Waals surface area contributed by atoms with E-state index >= 15 is 0 Å². The molecule has 0 radical (unpaired) electrons. The fourth-order valence-corrected chi connectivity index (χ4v) is 4.35. The molecule has 28 heavy (non-hydrogen) atoms. The number of carbonyl (C=O) groups is 2. The van der Waals surface area contributed by atoms with Crippen LogP contribution in [0.1, 0.15) is 40.0 Å². The zero-order valence-corrected chi connectivity index (χ0v) is 16.9. The molecule has 142 valence electrons. The Bertz CT molecular complexity index is 1020. The van der Waals surface area contributed by atoms with Crippen molar-refractivity contribution >= 4 is 40.4 Å². The van der Waals surface area contributed by atoms with Crippen LogP contribution in [0, 0.1) is 0 Å². The van der Waals surface area contributed by atoms with Crippen LogP contribution < -0.4 is 10.2 Å². The highest BCUT2D eigenvalue weighted by Gasteiger charge is 2.24. The fourth-order valence-electron chi connectivity index (χ4n) is 3.54. The van der Waals surface area contributed by atoms with Crippen LogP contribution >= 0.6 is 22.9 Å². The highest BCUT2D eigenvalue weighted by molar-refractivity contribution is 7.08. The topological polar surface area (TPSA) is 49.4 Å². The zero-order chi connectivity index (χ0) is 19.7. The van der Waals surface area contributed by atoms with E-state index in [0.717, 1.165) is 28.8 Å². The summed E-state index contributed by atoms with van der Waals surface area (Å²) < 4.78 is 0. The number of nitrogens with one attached hydrogen (secondary N) is 1. The van der Waals surface area contributed by atoms with E-state index < -0.39 is 0 Å². The van der Waals surface area contributed by atoms with Crippen LogP contribution in [0.15, 0.2) is 59.3 Å². The lowest BCUT2D eigenvalue weighted by Crippen LogP contribution is -2.29. The number of nitrogens with zero attached hydrogens (tertiary/aromatic N) is 1. The summed E-state index contributed by atoms with van der Waals surface area (Å²) in [6, 6.07) is 14.8. The van der Waals surface area contributed by atoms with Gasteiger partial charge in [0.15, 0.2) is 0 Å². The standard InChI is InChI=1S/C22H19ClN2O2S/c1-14(26)25-10-8-16-12-17(4-7-20(16)25)22(27)24-21(18-9-11-28-13-18)15-2-5-19(23)6-3-15/h2-7,9,11-13,21H,8,10H2,1H3,(H,24,27). The molecule has 0 fully saturated rings. The summed E-state index contributed by atoms with van der Waals surface area (Å²) in [6.07, 6.45) is 0.765. The first-order chi connectivity index (χ1) is 13.5. The average molecular weight is 411 g/mol. The highest BCUT2D eigenvalue weighted by atomic mass is 35.5. The van der Waals surface area contributed by atoms with Crippen LogP contribution in [0.2, 0.25) is 5.02 Å². The fraction of sp³-hybridized carbons (Fsp3) is 0.182. The van der Waals surface area contributed by atoms with Crippen molar-refractivity contribution in [3.8, 4) is 0 Å². The van der Waals surface area contributed by atoms with Gasteiger partial charge in [0.25, 0.3) is 5.91 Å². The molecule has 1 atom stereocenters. The minimum atomic E-state index is -0.252. The molecule has 1 aliphatic rings. The van der Waals surface area contributed by atoms with Gasteiger partial charge in [-0.05, 0) is 70.3 Å². The summed E-state index contributed by atoms with van der Waals surface area (Å²) in [5.74, 6) is -0.119. The molecule has 0 aliphatic carbocycles.